The number of ether oxygens (including phenoxy) is 1. The molecule has 0 saturated heterocycles. The van der Waals surface area contributed by atoms with Gasteiger partial charge in [0, 0.05) is 6.04 Å². The van der Waals surface area contributed by atoms with E-state index in [4.69, 9.17) is 5.73 Å². The lowest BCUT2D eigenvalue weighted by molar-refractivity contribution is -0.141. The number of hydrogen-bond donors (Lipinski definition) is 1. The Balaban J connectivity index is 0.00000225. The van der Waals surface area contributed by atoms with E-state index in [2.05, 4.69) is 4.74 Å². The molecule has 1 atom stereocenters. The van der Waals surface area contributed by atoms with Gasteiger partial charge in [-0.15, -0.1) is 12.4 Å². The van der Waals surface area contributed by atoms with Crippen LogP contribution in [0.3, 0.4) is 0 Å². The molecule has 0 aliphatic rings. The lowest BCUT2D eigenvalue weighted by atomic mass is 10.0. The van der Waals surface area contributed by atoms with Crippen LogP contribution < -0.4 is 5.73 Å². The number of halogens is 2. The number of nitrogens with two attached hydrogens (primary N) is 1. The van der Waals surface area contributed by atoms with E-state index in [1.54, 1.807) is 19.1 Å². The number of methoxy groups -OCH3 is 1. The van der Waals surface area contributed by atoms with Crippen LogP contribution in [-0.4, -0.2) is 13.1 Å². The second kappa shape index (κ2) is 6.45. The maximum atomic E-state index is 13.0. The summed E-state index contributed by atoms with van der Waals surface area (Å²) in [5.74, 6) is -0.645. The first-order valence-corrected chi connectivity index (χ1v) is 4.63. The van der Waals surface area contributed by atoms with Crippen LogP contribution in [0.25, 0.3) is 0 Å². The van der Waals surface area contributed by atoms with Crippen LogP contribution in [0.2, 0.25) is 0 Å². The van der Waals surface area contributed by atoms with Crippen molar-refractivity contribution in [1.82, 2.24) is 0 Å². The van der Waals surface area contributed by atoms with Crippen LogP contribution in [0.1, 0.15) is 23.6 Å². The molecular formula is C11H15ClFNO2. The number of hydrogen-bond acceptors (Lipinski definition) is 3. The summed E-state index contributed by atoms with van der Waals surface area (Å²) in [5, 5.41) is 0. The lowest BCUT2D eigenvalue weighted by Gasteiger charge is -2.11. The first-order valence-electron chi connectivity index (χ1n) is 4.63. The van der Waals surface area contributed by atoms with Crippen LogP contribution >= 0.6 is 12.4 Å². The highest BCUT2D eigenvalue weighted by Crippen LogP contribution is 2.17. The maximum absolute atomic E-state index is 13.0. The minimum Gasteiger partial charge on any atom is -0.469 e. The van der Waals surface area contributed by atoms with Gasteiger partial charge in [-0.2, -0.15) is 0 Å². The predicted octanol–water partition coefficient (Wildman–Crippen LogP) is 2.12. The second-order valence-electron chi connectivity index (χ2n) is 3.40. The zero-order chi connectivity index (χ0) is 11.4. The molecule has 2 N–H and O–H groups in total. The number of carbonyl (C=O) groups excluding carboxylic acids is 1. The molecule has 1 aromatic carbocycles. The number of aryl methyl sites for hydroxylation is 1. The highest BCUT2D eigenvalue weighted by molar-refractivity contribution is 5.85. The van der Waals surface area contributed by atoms with Crippen molar-refractivity contribution < 1.29 is 13.9 Å². The second-order valence-corrected chi connectivity index (χ2v) is 3.40. The van der Waals surface area contributed by atoms with Gasteiger partial charge in [-0.1, -0.05) is 12.1 Å². The quantitative estimate of drug-likeness (QED) is 0.833. The van der Waals surface area contributed by atoms with E-state index in [1.807, 2.05) is 0 Å². The molecule has 16 heavy (non-hydrogen) atoms. The van der Waals surface area contributed by atoms with E-state index in [9.17, 15) is 9.18 Å². The topological polar surface area (TPSA) is 52.3 Å². The van der Waals surface area contributed by atoms with Crippen LogP contribution in [-0.2, 0) is 9.53 Å². The molecule has 90 valence electrons. The highest BCUT2D eigenvalue weighted by atomic mass is 35.5. The van der Waals surface area contributed by atoms with E-state index >= 15 is 0 Å². The fourth-order valence-corrected chi connectivity index (χ4v) is 1.28. The fourth-order valence-electron chi connectivity index (χ4n) is 1.28. The van der Waals surface area contributed by atoms with Crippen LogP contribution in [0.5, 0.6) is 0 Å². The molecule has 0 radical (unpaired) electrons. The van der Waals surface area contributed by atoms with Crippen molar-refractivity contribution in [2.75, 3.05) is 7.11 Å². The molecule has 1 aromatic rings. The van der Waals surface area contributed by atoms with E-state index in [1.165, 1.54) is 13.2 Å². The van der Waals surface area contributed by atoms with Gasteiger partial charge >= 0.3 is 5.97 Å². The molecule has 0 heterocycles. The SMILES string of the molecule is COC(=O)C[C@H](N)c1ccc(F)c(C)c1.Cl. The van der Waals surface area contributed by atoms with E-state index < -0.39 is 6.04 Å². The summed E-state index contributed by atoms with van der Waals surface area (Å²) in [6.07, 6.45) is 0.0988. The zero-order valence-electron chi connectivity index (χ0n) is 9.20. The Labute approximate surface area is 100 Å². The van der Waals surface area contributed by atoms with Gasteiger partial charge in [0.1, 0.15) is 5.82 Å². The molecule has 0 saturated carbocycles. The first kappa shape index (κ1) is 14.9. The van der Waals surface area contributed by atoms with Gasteiger partial charge in [-0.3, -0.25) is 4.79 Å². The smallest absolute Gasteiger partial charge is 0.307 e. The lowest BCUT2D eigenvalue weighted by Crippen LogP contribution is -2.16. The van der Waals surface area contributed by atoms with Gasteiger partial charge in [0.05, 0.1) is 13.5 Å². The Morgan fingerprint density at radius 2 is 2.19 bits per heavy atom. The summed E-state index contributed by atoms with van der Waals surface area (Å²) in [6, 6.07) is 4.12. The zero-order valence-corrected chi connectivity index (χ0v) is 10.0. The minimum absolute atomic E-state index is 0. The summed E-state index contributed by atoms with van der Waals surface area (Å²) >= 11 is 0. The van der Waals surface area contributed by atoms with Crippen LogP contribution in [0, 0.1) is 12.7 Å². The van der Waals surface area contributed by atoms with Gasteiger partial charge in [0.15, 0.2) is 0 Å². The molecule has 0 unspecified atom stereocenters. The van der Waals surface area contributed by atoms with E-state index in [0.29, 0.717) is 5.56 Å². The summed E-state index contributed by atoms with van der Waals surface area (Å²) < 4.78 is 17.5. The molecule has 5 heteroatoms. The van der Waals surface area contributed by atoms with Crippen molar-refractivity contribution in [2.45, 2.75) is 19.4 Å². The highest BCUT2D eigenvalue weighted by Gasteiger charge is 2.12. The molecule has 0 amide bonds. The van der Waals surface area contributed by atoms with Crippen molar-refractivity contribution >= 4 is 18.4 Å². The molecule has 0 spiro atoms. The molecule has 0 aliphatic heterocycles. The standard InChI is InChI=1S/C11H14FNO2.ClH/c1-7-5-8(3-4-9(7)12)10(13)6-11(14)15-2;/h3-5,10H,6,13H2,1-2H3;1H/t10-;/m0./s1. The van der Waals surface area contributed by atoms with Crippen LogP contribution in [0.15, 0.2) is 18.2 Å². The molecule has 1 rings (SSSR count). The van der Waals surface area contributed by atoms with Gasteiger partial charge < -0.3 is 10.5 Å². The van der Waals surface area contributed by atoms with Crippen molar-refractivity contribution in [3.05, 3.63) is 35.1 Å². The van der Waals surface area contributed by atoms with E-state index in [0.717, 1.165) is 5.56 Å². The average molecular weight is 248 g/mol. The van der Waals surface area contributed by atoms with E-state index in [-0.39, 0.29) is 30.6 Å². The van der Waals surface area contributed by atoms with Gasteiger partial charge in [0.2, 0.25) is 0 Å². The minimum atomic E-state index is -0.447. The molecule has 0 aliphatic carbocycles. The maximum Gasteiger partial charge on any atom is 0.307 e. The Hall–Kier alpha value is -1.13. The van der Waals surface area contributed by atoms with Gasteiger partial charge in [-0.05, 0) is 24.1 Å². The predicted molar refractivity (Wildman–Crippen MR) is 61.9 cm³/mol. The number of rotatable bonds is 3. The summed E-state index contributed by atoms with van der Waals surface area (Å²) in [4.78, 5) is 11.0. The molecular weight excluding hydrogens is 233 g/mol. The largest absolute Gasteiger partial charge is 0.469 e. The third-order valence-electron chi connectivity index (χ3n) is 2.22. The van der Waals surface area contributed by atoms with Crippen molar-refractivity contribution in [3.63, 3.8) is 0 Å². The molecule has 0 fully saturated rings. The average Bonchev–Trinajstić information content (AvgIpc) is 2.21. The number of benzene rings is 1. The summed E-state index contributed by atoms with van der Waals surface area (Å²) in [7, 11) is 1.31. The summed E-state index contributed by atoms with van der Waals surface area (Å²) in [5.41, 5.74) is 7.02. The van der Waals surface area contributed by atoms with Crippen molar-refractivity contribution in [3.8, 4) is 0 Å². The fraction of sp³-hybridized carbons (Fsp3) is 0.364. The Morgan fingerprint density at radius 3 is 2.69 bits per heavy atom. The Bertz CT molecular complexity index is 371. The Kier molecular flexibility index (Phi) is 6.00. The third kappa shape index (κ3) is 3.79. The van der Waals surface area contributed by atoms with Gasteiger partial charge in [0.25, 0.3) is 0 Å². The van der Waals surface area contributed by atoms with Crippen LogP contribution in [0.4, 0.5) is 4.39 Å². The van der Waals surface area contributed by atoms with Gasteiger partial charge in [-0.25, -0.2) is 4.39 Å². The first-order chi connectivity index (χ1) is 7.04. The Morgan fingerprint density at radius 1 is 1.56 bits per heavy atom. The number of carbonyl (C=O) groups is 1. The monoisotopic (exact) mass is 247 g/mol. The normalized spacial score (nSPS) is 11.5. The molecule has 0 aromatic heterocycles. The van der Waals surface area contributed by atoms with Crippen molar-refractivity contribution in [2.24, 2.45) is 5.73 Å². The number of esters is 1. The van der Waals surface area contributed by atoms with Crippen molar-refractivity contribution in [1.29, 1.82) is 0 Å². The third-order valence-corrected chi connectivity index (χ3v) is 2.22. The molecule has 3 nitrogen and oxygen atoms in total. The summed E-state index contributed by atoms with van der Waals surface area (Å²) in [6.45, 7) is 1.66. The molecule has 0 bridgehead atoms.